The van der Waals surface area contributed by atoms with Crippen LogP contribution in [0.3, 0.4) is 0 Å². The minimum absolute atomic E-state index is 0.115. The molecule has 2 fully saturated rings. The second-order valence-corrected chi connectivity index (χ2v) is 7.12. The Morgan fingerprint density at radius 1 is 1.25 bits per heavy atom. The fourth-order valence-corrected chi connectivity index (χ4v) is 3.53. The Bertz CT molecular complexity index is 637. The highest BCUT2D eigenvalue weighted by Crippen LogP contribution is 2.40. The molecule has 0 unspecified atom stereocenters. The van der Waals surface area contributed by atoms with E-state index in [0.717, 1.165) is 12.8 Å². The molecule has 1 heterocycles. The van der Waals surface area contributed by atoms with E-state index in [1.807, 2.05) is 11.9 Å². The van der Waals surface area contributed by atoms with E-state index < -0.39 is 6.09 Å². The number of nitrogens with one attached hydrogen (secondary N) is 1. The monoisotopic (exact) mass is 330 g/mol. The fourth-order valence-electron chi connectivity index (χ4n) is 3.53. The van der Waals surface area contributed by atoms with Crippen molar-refractivity contribution in [2.75, 3.05) is 20.2 Å². The molecule has 1 saturated carbocycles. The summed E-state index contributed by atoms with van der Waals surface area (Å²) < 4.78 is 4.94. The Balaban J connectivity index is 1.55. The maximum atomic E-state index is 12.7. The quantitative estimate of drug-likeness (QED) is 0.927. The zero-order valence-corrected chi connectivity index (χ0v) is 14.7. The van der Waals surface area contributed by atoms with Crippen LogP contribution in [-0.4, -0.2) is 43.1 Å². The summed E-state index contributed by atoms with van der Waals surface area (Å²) in [4.78, 5) is 25.7. The van der Waals surface area contributed by atoms with Gasteiger partial charge in [-0.2, -0.15) is 0 Å². The number of aryl methyl sites for hydroxylation is 2. The lowest BCUT2D eigenvalue weighted by Crippen LogP contribution is -2.48. The largest absolute Gasteiger partial charge is 0.450 e. The van der Waals surface area contributed by atoms with Crippen LogP contribution in [0.1, 0.15) is 41.9 Å². The molecule has 24 heavy (non-hydrogen) atoms. The average molecular weight is 330 g/mol. The van der Waals surface area contributed by atoms with E-state index in [1.165, 1.54) is 16.7 Å². The standard InChI is InChI=1S/C19H26N2O3/c1-12-4-5-14(8-13(12)2)16-9-17(10-16)21(3)18(22)15-6-7-24-19(23)20-11-15/h4-5,8,15-17H,6-7,9-11H2,1-3H3,(H,20,23)/t15-,16-,17+/m1/s1. The van der Waals surface area contributed by atoms with Gasteiger partial charge < -0.3 is 15.0 Å². The highest BCUT2D eigenvalue weighted by molar-refractivity contribution is 5.80. The lowest BCUT2D eigenvalue weighted by atomic mass is 9.74. The molecule has 0 radical (unpaired) electrons. The Morgan fingerprint density at radius 3 is 2.71 bits per heavy atom. The summed E-state index contributed by atoms with van der Waals surface area (Å²) in [5.74, 6) is 0.480. The van der Waals surface area contributed by atoms with E-state index in [1.54, 1.807) is 0 Å². The summed E-state index contributed by atoms with van der Waals surface area (Å²) in [6.07, 6.45) is 2.20. The van der Waals surface area contributed by atoms with Gasteiger partial charge in [-0.3, -0.25) is 4.79 Å². The highest BCUT2D eigenvalue weighted by Gasteiger charge is 2.37. The Kier molecular flexibility index (Phi) is 4.78. The normalized spacial score (nSPS) is 26.6. The zero-order valence-electron chi connectivity index (χ0n) is 14.7. The fraction of sp³-hybridized carbons (Fsp3) is 0.579. The first-order valence-corrected chi connectivity index (χ1v) is 8.70. The number of carbonyl (C=O) groups is 2. The summed E-state index contributed by atoms with van der Waals surface area (Å²) in [5, 5.41) is 2.64. The Hall–Kier alpha value is -2.04. The van der Waals surface area contributed by atoms with Crippen molar-refractivity contribution < 1.29 is 14.3 Å². The predicted octanol–water partition coefficient (Wildman–Crippen LogP) is 2.75. The molecular weight excluding hydrogens is 304 g/mol. The molecule has 1 aliphatic carbocycles. The summed E-state index contributed by atoms with van der Waals surface area (Å²) in [6.45, 7) is 4.96. The average Bonchev–Trinajstić information content (AvgIpc) is 2.73. The molecule has 0 bridgehead atoms. The van der Waals surface area contributed by atoms with Crippen LogP contribution in [0.4, 0.5) is 4.79 Å². The van der Waals surface area contributed by atoms with Crippen molar-refractivity contribution in [3.63, 3.8) is 0 Å². The van der Waals surface area contributed by atoms with Crippen LogP contribution < -0.4 is 5.32 Å². The van der Waals surface area contributed by atoms with Crippen LogP contribution in [0.25, 0.3) is 0 Å². The van der Waals surface area contributed by atoms with Crippen LogP contribution in [0, 0.1) is 19.8 Å². The zero-order chi connectivity index (χ0) is 17.3. The molecule has 1 aliphatic heterocycles. The molecule has 0 spiro atoms. The molecule has 2 aliphatic rings. The number of amides is 2. The van der Waals surface area contributed by atoms with Crippen LogP contribution in [0.5, 0.6) is 0 Å². The highest BCUT2D eigenvalue weighted by atomic mass is 16.5. The summed E-state index contributed by atoms with van der Waals surface area (Å²) >= 11 is 0. The molecule has 1 aromatic rings. The number of benzene rings is 1. The lowest BCUT2D eigenvalue weighted by molar-refractivity contribution is -0.138. The first kappa shape index (κ1) is 16.8. The van der Waals surface area contributed by atoms with Gasteiger partial charge in [-0.05, 0) is 55.7 Å². The van der Waals surface area contributed by atoms with Crippen molar-refractivity contribution in [2.45, 2.75) is 45.1 Å². The van der Waals surface area contributed by atoms with Gasteiger partial charge in [0.05, 0.1) is 12.5 Å². The van der Waals surface area contributed by atoms with Crippen molar-refractivity contribution in [1.29, 1.82) is 0 Å². The minimum atomic E-state index is -0.425. The van der Waals surface area contributed by atoms with E-state index in [4.69, 9.17) is 4.74 Å². The maximum absolute atomic E-state index is 12.7. The van der Waals surface area contributed by atoms with Crippen LogP contribution in [0.2, 0.25) is 0 Å². The Morgan fingerprint density at radius 2 is 2.00 bits per heavy atom. The van der Waals surface area contributed by atoms with Gasteiger partial charge >= 0.3 is 6.09 Å². The number of cyclic esters (lactones) is 1. The lowest BCUT2D eigenvalue weighted by Gasteiger charge is -2.42. The third kappa shape index (κ3) is 3.40. The minimum Gasteiger partial charge on any atom is -0.450 e. The molecule has 1 saturated heterocycles. The van der Waals surface area contributed by atoms with Crippen molar-refractivity contribution >= 4 is 12.0 Å². The molecular formula is C19H26N2O3. The van der Waals surface area contributed by atoms with Crippen molar-refractivity contribution in [1.82, 2.24) is 10.2 Å². The number of nitrogens with zero attached hydrogens (tertiary/aromatic N) is 1. The topological polar surface area (TPSA) is 58.6 Å². The van der Waals surface area contributed by atoms with E-state index in [9.17, 15) is 9.59 Å². The predicted molar refractivity (Wildman–Crippen MR) is 91.9 cm³/mol. The number of hydrogen-bond donors (Lipinski definition) is 1. The molecule has 1 aromatic carbocycles. The van der Waals surface area contributed by atoms with Crippen LogP contribution >= 0.6 is 0 Å². The van der Waals surface area contributed by atoms with Gasteiger partial charge in [0.15, 0.2) is 0 Å². The van der Waals surface area contributed by atoms with Crippen LogP contribution in [0.15, 0.2) is 18.2 Å². The van der Waals surface area contributed by atoms with Gasteiger partial charge in [0.25, 0.3) is 0 Å². The molecule has 2 amide bonds. The van der Waals surface area contributed by atoms with Gasteiger partial charge in [0, 0.05) is 19.6 Å². The van der Waals surface area contributed by atoms with Crippen molar-refractivity contribution in [3.05, 3.63) is 34.9 Å². The van der Waals surface area contributed by atoms with Gasteiger partial charge in [-0.25, -0.2) is 4.79 Å². The summed E-state index contributed by atoms with van der Waals surface area (Å²) in [6, 6.07) is 6.96. The van der Waals surface area contributed by atoms with E-state index in [-0.39, 0.29) is 11.8 Å². The van der Waals surface area contributed by atoms with Gasteiger partial charge in [-0.1, -0.05) is 18.2 Å². The van der Waals surface area contributed by atoms with E-state index in [2.05, 4.69) is 37.4 Å². The number of hydrogen-bond acceptors (Lipinski definition) is 3. The number of rotatable bonds is 3. The summed E-state index contributed by atoms with van der Waals surface area (Å²) in [7, 11) is 1.89. The third-order valence-corrected chi connectivity index (χ3v) is 5.55. The van der Waals surface area contributed by atoms with E-state index in [0.29, 0.717) is 31.5 Å². The summed E-state index contributed by atoms with van der Waals surface area (Å²) in [5.41, 5.74) is 4.03. The number of ether oxygens (including phenoxy) is 1. The number of alkyl carbamates (subject to hydrolysis) is 1. The second kappa shape index (κ2) is 6.83. The molecule has 1 atom stereocenters. The van der Waals surface area contributed by atoms with Crippen molar-refractivity contribution in [3.8, 4) is 0 Å². The molecule has 1 N–H and O–H groups in total. The molecule has 0 aromatic heterocycles. The first-order chi connectivity index (χ1) is 11.5. The molecule has 5 nitrogen and oxygen atoms in total. The smallest absolute Gasteiger partial charge is 0.407 e. The molecule has 3 rings (SSSR count). The van der Waals surface area contributed by atoms with Gasteiger partial charge in [-0.15, -0.1) is 0 Å². The number of carbonyl (C=O) groups excluding carboxylic acids is 2. The Labute approximate surface area is 143 Å². The first-order valence-electron chi connectivity index (χ1n) is 8.70. The third-order valence-electron chi connectivity index (χ3n) is 5.55. The van der Waals surface area contributed by atoms with Gasteiger partial charge in [0.1, 0.15) is 0 Å². The maximum Gasteiger partial charge on any atom is 0.407 e. The van der Waals surface area contributed by atoms with Gasteiger partial charge in [0.2, 0.25) is 5.91 Å². The molecule has 130 valence electrons. The van der Waals surface area contributed by atoms with Crippen molar-refractivity contribution in [2.24, 2.45) is 5.92 Å². The van der Waals surface area contributed by atoms with E-state index >= 15 is 0 Å². The molecule has 5 heteroatoms. The SMILES string of the molecule is Cc1ccc([C@H]2C[C@@H](N(C)C(=O)[C@@H]3CCOC(=O)NC3)C2)cc1C. The second-order valence-electron chi connectivity index (χ2n) is 7.12. The van der Waals surface area contributed by atoms with Crippen LogP contribution in [-0.2, 0) is 9.53 Å².